The van der Waals surface area contributed by atoms with Gasteiger partial charge in [0.1, 0.15) is 34.6 Å². The zero-order valence-corrected chi connectivity index (χ0v) is 23.9. The molecule has 208 valence electrons. The van der Waals surface area contributed by atoms with Crippen LogP contribution in [0.25, 0.3) is 0 Å². The Morgan fingerprint density at radius 2 is 1.46 bits per heavy atom. The fourth-order valence-electron chi connectivity index (χ4n) is 3.82. The van der Waals surface area contributed by atoms with Crippen LogP contribution < -0.4 is 14.2 Å². The Bertz CT molecular complexity index is 1210. The molecule has 0 aliphatic carbocycles. The molecule has 0 aliphatic rings. The van der Waals surface area contributed by atoms with Crippen LogP contribution in [0.3, 0.4) is 0 Å². The second-order valence-corrected chi connectivity index (χ2v) is 10.7. The number of hydrogen-bond acceptors (Lipinski definition) is 6. The zero-order chi connectivity index (χ0) is 28.2. The van der Waals surface area contributed by atoms with E-state index in [4.69, 9.17) is 14.2 Å². The maximum absolute atomic E-state index is 13.1. The van der Waals surface area contributed by atoms with Crippen LogP contribution in [0.15, 0.2) is 66.7 Å². The molecule has 0 radical (unpaired) electrons. The lowest BCUT2D eigenvalue weighted by atomic mass is 10.1. The van der Waals surface area contributed by atoms with E-state index in [-0.39, 0.29) is 22.6 Å². The number of hydrogen-bond donors (Lipinski definition) is 0. The first-order valence-electron chi connectivity index (χ1n) is 13.4. The summed E-state index contributed by atoms with van der Waals surface area (Å²) < 4.78 is 30.9. The fourth-order valence-corrected chi connectivity index (χ4v) is 4.78. The second-order valence-electron chi connectivity index (χ2n) is 9.63. The van der Waals surface area contributed by atoms with E-state index in [0.29, 0.717) is 24.7 Å². The summed E-state index contributed by atoms with van der Waals surface area (Å²) in [6.07, 6.45) is 3.50. The molecule has 0 amide bonds. The number of halogens is 1. The van der Waals surface area contributed by atoms with E-state index in [9.17, 15) is 14.0 Å². The maximum atomic E-state index is 13.1. The maximum Gasteiger partial charge on any atom is 0.192 e. The van der Waals surface area contributed by atoms with Gasteiger partial charge < -0.3 is 14.2 Å². The van der Waals surface area contributed by atoms with E-state index in [1.807, 2.05) is 56.3 Å². The highest BCUT2D eigenvalue weighted by Crippen LogP contribution is 2.33. The van der Waals surface area contributed by atoms with Gasteiger partial charge in [0.05, 0.1) is 18.5 Å². The van der Waals surface area contributed by atoms with Crippen LogP contribution in [0.4, 0.5) is 4.39 Å². The predicted molar refractivity (Wildman–Crippen MR) is 154 cm³/mol. The highest BCUT2D eigenvalue weighted by atomic mass is 32.2. The third-order valence-electron chi connectivity index (χ3n) is 5.92. The standard InChI is InChI=1S/C32H37FO5S/c1-5-8-25-21-29(38-28-15-11-26(33)12-16-28)17-18-30(25)37-20-7-6-19-36-27-13-9-24(10-14-27)31(23(4)34)39-32(35)22(2)3/h9-18,21-22,31H,5-8,19-20H2,1-4H3. The molecule has 1 unspecified atom stereocenters. The number of Topliss-reactive ketones (excluding diaryl/α,β-unsaturated/α-hetero) is 1. The van der Waals surface area contributed by atoms with Gasteiger partial charge in [0.15, 0.2) is 5.12 Å². The molecule has 0 heterocycles. The van der Waals surface area contributed by atoms with Gasteiger partial charge in [0.2, 0.25) is 0 Å². The second kappa shape index (κ2) is 15.3. The number of carbonyl (C=O) groups excluding carboxylic acids is 2. The first-order valence-corrected chi connectivity index (χ1v) is 14.3. The molecule has 0 fully saturated rings. The van der Waals surface area contributed by atoms with E-state index < -0.39 is 5.25 Å². The van der Waals surface area contributed by atoms with Crippen molar-refractivity contribution in [3.05, 3.63) is 83.7 Å². The van der Waals surface area contributed by atoms with Crippen molar-refractivity contribution in [2.75, 3.05) is 13.2 Å². The Balaban J connectivity index is 1.44. The first kappa shape index (κ1) is 30.2. The van der Waals surface area contributed by atoms with E-state index in [0.717, 1.165) is 60.1 Å². The van der Waals surface area contributed by atoms with Crippen LogP contribution in [0.1, 0.15) is 63.3 Å². The molecule has 3 aromatic carbocycles. The van der Waals surface area contributed by atoms with Crippen molar-refractivity contribution >= 4 is 22.7 Å². The SMILES string of the molecule is CCCc1cc(Oc2ccc(F)cc2)ccc1OCCCCOc1ccc(C(SC(=O)C(C)C)C(C)=O)cc1. The lowest BCUT2D eigenvalue weighted by Crippen LogP contribution is -2.11. The minimum Gasteiger partial charge on any atom is -0.494 e. The van der Waals surface area contributed by atoms with E-state index in [1.165, 1.54) is 19.1 Å². The minimum absolute atomic E-state index is 0.00818. The molecule has 3 rings (SSSR count). The summed E-state index contributed by atoms with van der Waals surface area (Å²) in [4.78, 5) is 24.2. The highest BCUT2D eigenvalue weighted by molar-refractivity contribution is 8.14. The summed E-state index contributed by atoms with van der Waals surface area (Å²) in [5, 5.41) is -0.485. The number of thioether (sulfide) groups is 1. The summed E-state index contributed by atoms with van der Waals surface area (Å²) >= 11 is 1.09. The number of aryl methyl sites for hydroxylation is 1. The summed E-state index contributed by atoms with van der Waals surface area (Å²) in [5.74, 6) is 2.38. The Morgan fingerprint density at radius 1 is 0.846 bits per heavy atom. The molecule has 0 aliphatic heterocycles. The molecule has 7 heteroatoms. The third-order valence-corrected chi connectivity index (χ3v) is 7.47. The number of rotatable bonds is 15. The summed E-state index contributed by atoms with van der Waals surface area (Å²) in [6.45, 7) is 8.41. The van der Waals surface area contributed by atoms with Crippen LogP contribution in [0, 0.1) is 11.7 Å². The van der Waals surface area contributed by atoms with Crippen molar-refractivity contribution < 1.29 is 28.2 Å². The van der Waals surface area contributed by atoms with E-state index in [2.05, 4.69) is 6.92 Å². The van der Waals surface area contributed by atoms with Crippen LogP contribution in [0.2, 0.25) is 0 Å². The number of benzene rings is 3. The van der Waals surface area contributed by atoms with Gasteiger partial charge in [-0.1, -0.05) is 51.1 Å². The quantitative estimate of drug-likeness (QED) is 0.177. The van der Waals surface area contributed by atoms with E-state index >= 15 is 0 Å². The topological polar surface area (TPSA) is 61.8 Å². The zero-order valence-electron chi connectivity index (χ0n) is 23.1. The Labute approximate surface area is 235 Å². The van der Waals surface area contributed by atoms with Crippen LogP contribution in [0.5, 0.6) is 23.0 Å². The van der Waals surface area contributed by atoms with Gasteiger partial charge in [-0.2, -0.15) is 0 Å². The number of ether oxygens (including phenoxy) is 3. The summed E-state index contributed by atoms with van der Waals surface area (Å²) in [7, 11) is 0. The van der Waals surface area contributed by atoms with Gasteiger partial charge in [-0.3, -0.25) is 9.59 Å². The van der Waals surface area contributed by atoms with Gasteiger partial charge >= 0.3 is 0 Å². The molecule has 0 spiro atoms. The predicted octanol–water partition coefficient (Wildman–Crippen LogP) is 8.35. The van der Waals surface area contributed by atoms with Crippen molar-refractivity contribution in [1.29, 1.82) is 0 Å². The number of unbranched alkanes of at least 4 members (excludes halogenated alkanes) is 1. The van der Waals surface area contributed by atoms with Gasteiger partial charge in [-0.15, -0.1) is 0 Å². The molecule has 0 saturated carbocycles. The molecule has 5 nitrogen and oxygen atoms in total. The van der Waals surface area contributed by atoms with Gasteiger partial charge in [0, 0.05) is 5.92 Å². The third kappa shape index (κ3) is 9.74. The van der Waals surface area contributed by atoms with Crippen molar-refractivity contribution in [1.82, 2.24) is 0 Å². The molecule has 0 aromatic heterocycles. The minimum atomic E-state index is -0.493. The molecule has 0 N–H and O–H groups in total. The van der Waals surface area contributed by atoms with Crippen LogP contribution in [-0.2, 0) is 16.0 Å². The smallest absolute Gasteiger partial charge is 0.192 e. The lowest BCUT2D eigenvalue weighted by molar-refractivity contribution is -0.117. The Hall–Kier alpha value is -3.32. The molecule has 39 heavy (non-hydrogen) atoms. The molecular weight excluding hydrogens is 515 g/mol. The summed E-state index contributed by atoms with van der Waals surface area (Å²) in [5.41, 5.74) is 1.88. The lowest BCUT2D eigenvalue weighted by Gasteiger charge is -2.15. The average molecular weight is 553 g/mol. The summed E-state index contributed by atoms with van der Waals surface area (Å²) in [6, 6.07) is 19.1. The Morgan fingerprint density at radius 3 is 2.08 bits per heavy atom. The van der Waals surface area contributed by atoms with Crippen LogP contribution in [-0.4, -0.2) is 24.1 Å². The molecule has 0 saturated heterocycles. The largest absolute Gasteiger partial charge is 0.494 e. The number of ketones is 1. The highest BCUT2D eigenvalue weighted by Gasteiger charge is 2.23. The van der Waals surface area contributed by atoms with E-state index in [1.54, 1.807) is 12.1 Å². The first-order chi connectivity index (χ1) is 18.8. The van der Waals surface area contributed by atoms with Gasteiger partial charge in [-0.05, 0) is 91.9 Å². The van der Waals surface area contributed by atoms with Crippen molar-refractivity contribution in [3.63, 3.8) is 0 Å². The van der Waals surface area contributed by atoms with Gasteiger partial charge in [0.25, 0.3) is 0 Å². The van der Waals surface area contributed by atoms with Crippen LogP contribution >= 0.6 is 11.8 Å². The van der Waals surface area contributed by atoms with Crippen molar-refractivity contribution in [2.45, 2.75) is 58.6 Å². The molecular formula is C32H37FO5S. The normalized spacial score (nSPS) is 11.7. The molecule has 0 bridgehead atoms. The number of carbonyl (C=O) groups is 2. The molecule has 3 aromatic rings. The fraction of sp³-hybridized carbons (Fsp3) is 0.375. The monoisotopic (exact) mass is 552 g/mol. The van der Waals surface area contributed by atoms with Gasteiger partial charge in [-0.25, -0.2) is 4.39 Å². The average Bonchev–Trinajstić information content (AvgIpc) is 2.91. The molecule has 1 atom stereocenters. The Kier molecular flexibility index (Phi) is 11.9. The van der Waals surface area contributed by atoms with Crippen molar-refractivity contribution in [2.24, 2.45) is 5.92 Å². The van der Waals surface area contributed by atoms with Crippen molar-refractivity contribution in [3.8, 4) is 23.0 Å².